The van der Waals surface area contributed by atoms with Gasteiger partial charge in [-0.2, -0.15) is 0 Å². The molecule has 0 saturated heterocycles. The van der Waals surface area contributed by atoms with E-state index in [2.05, 4.69) is 0 Å². The molecule has 0 aliphatic heterocycles. The number of aliphatic hydroxyl groups is 1. The van der Waals surface area contributed by atoms with Gasteiger partial charge in [-0.3, -0.25) is 4.79 Å². The first-order valence-corrected chi connectivity index (χ1v) is 6.90. The molecular weight excluding hydrogens is 278 g/mol. The van der Waals surface area contributed by atoms with Crippen LogP contribution in [0.2, 0.25) is 5.02 Å². The number of aromatic nitrogens is 1. The molecule has 0 radical (unpaired) electrons. The van der Waals surface area contributed by atoms with Gasteiger partial charge in [-0.05, 0) is 36.6 Å². The van der Waals surface area contributed by atoms with E-state index in [1.165, 1.54) is 7.11 Å². The lowest BCUT2D eigenvalue weighted by atomic mass is 10.1. The Morgan fingerprint density at radius 2 is 2.20 bits per heavy atom. The number of ether oxygens (including phenoxy) is 1. The van der Waals surface area contributed by atoms with Gasteiger partial charge in [0.2, 0.25) is 0 Å². The number of carbonyl (C=O) groups excluding carboxylic acids is 1. The van der Waals surface area contributed by atoms with E-state index in [1.54, 1.807) is 0 Å². The summed E-state index contributed by atoms with van der Waals surface area (Å²) in [6, 6.07) is 3.90. The molecule has 1 heterocycles. The molecule has 108 valence electrons. The molecule has 0 aliphatic rings. The highest BCUT2D eigenvalue weighted by atomic mass is 35.5. The van der Waals surface area contributed by atoms with E-state index in [0.717, 1.165) is 22.0 Å². The monoisotopic (exact) mass is 295 g/mol. The second kappa shape index (κ2) is 6.29. The van der Waals surface area contributed by atoms with Crippen LogP contribution in [0, 0.1) is 6.92 Å². The summed E-state index contributed by atoms with van der Waals surface area (Å²) in [4.78, 5) is 11.5. The largest absolute Gasteiger partial charge is 0.469 e. The normalized spacial score (nSPS) is 11.0. The first kappa shape index (κ1) is 14.9. The van der Waals surface area contributed by atoms with Crippen molar-refractivity contribution in [1.82, 2.24) is 4.57 Å². The third-order valence-corrected chi connectivity index (χ3v) is 3.77. The lowest BCUT2D eigenvalue weighted by Crippen LogP contribution is -2.04. The van der Waals surface area contributed by atoms with Crippen molar-refractivity contribution in [2.24, 2.45) is 0 Å². The van der Waals surface area contributed by atoms with E-state index < -0.39 is 0 Å². The van der Waals surface area contributed by atoms with E-state index in [4.69, 9.17) is 21.4 Å². The minimum Gasteiger partial charge on any atom is -0.469 e. The average molecular weight is 296 g/mol. The molecule has 1 aromatic heterocycles. The van der Waals surface area contributed by atoms with Gasteiger partial charge >= 0.3 is 5.97 Å². The Labute approximate surface area is 122 Å². The van der Waals surface area contributed by atoms with E-state index in [-0.39, 0.29) is 19.0 Å². The predicted molar refractivity (Wildman–Crippen MR) is 79.1 cm³/mol. The maximum Gasteiger partial charge on any atom is 0.310 e. The van der Waals surface area contributed by atoms with Crippen molar-refractivity contribution < 1.29 is 14.6 Å². The van der Waals surface area contributed by atoms with Gasteiger partial charge in [-0.25, -0.2) is 0 Å². The first-order valence-electron chi connectivity index (χ1n) is 6.52. The second-order valence-corrected chi connectivity index (χ2v) is 5.20. The lowest BCUT2D eigenvalue weighted by molar-refractivity contribution is -0.139. The molecule has 1 aromatic carbocycles. The summed E-state index contributed by atoms with van der Waals surface area (Å²) < 4.78 is 6.76. The van der Waals surface area contributed by atoms with Crippen LogP contribution in [0.4, 0.5) is 0 Å². The maximum atomic E-state index is 11.5. The van der Waals surface area contributed by atoms with Gasteiger partial charge in [-0.15, -0.1) is 0 Å². The predicted octanol–water partition coefficient (Wildman–Crippen LogP) is 2.70. The Morgan fingerprint density at radius 3 is 2.85 bits per heavy atom. The minimum atomic E-state index is -0.265. The highest BCUT2D eigenvalue weighted by Gasteiger charge is 2.13. The van der Waals surface area contributed by atoms with Gasteiger partial charge in [0.25, 0.3) is 0 Å². The van der Waals surface area contributed by atoms with Crippen molar-refractivity contribution in [1.29, 1.82) is 0 Å². The van der Waals surface area contributed by atoms with Crippen LogP contribution in [0.3, 0.4) is 0 Å². The highest BCUT2D eigenvalue weighted by Crippen LogP contribution is 2.28. The fourth-order valence-corrected chi connectivity index (χ4v) is 2.45. The van der Waals surface area contributed by atoms with Gasteiger partial charge in [0, 0.05) is 35.3 Å². The van der Waals surface area contributed by atoms with Crippen LogP contribution < -0.4 is 0 Å². The quantitative estimate of drug-likeness (QED) is 0.863. The molecule has 0 fully saturated rings. The van der Waals surface area contributed by atoms with E-state index in [1.807, 2.05) is 29.8 Å². The summed E-state index contributed by atoms with van der Waals surface area (Å²) in [6.45, 7) is 2.76. The van der Waals surface area contributed by atoms with E-state index in [0.29, 0.717) is 18.0 Å². The number of benzene rings is 1. The number of nitrogens with zero attached hydrogens (tertiary/aromatic N) is 1. The number of aryl methyl sites for hydroxylation is 2. The van der Waals surface area contributed by atoms with Crippen LogP contribution in [0.1, 0.15) is 17.5 Å². The smallest absolute Gasteiger partial charge is 0.310 e. The Hall–Kier alpha value is -1.52. The van der Waals surface area contributed by atoms with Crippen molar-refractivity contribution in [3.63, 3.8) is 0 Å². The van der Waals surface area contributed by atoms with Crippen molar-refractivity contribution >= 4 is 28.5 Å². The van der Waals surface area contributed by atoms with Crippen LogP contribution in [0.25, 0.3) is 10.9 Å². The summed E-state index contributed by atoms with van der Waals surface area (Å²) in [5.41, 5.74) is 2.88. The van der Waals surface area contributed by atoms with Crippen LogP contribution in [-0.4, -0.2) is 29.4 Å². The molecule has 0 saturated carbocycles. The third-order valence-electron chi connectivity index (χ3n) is 3.36. The van der Waals surface area contributed by atoms with Crippen molar-refractivity contribution in [2.45, 2.75) is 26.3 Å². The summed E-state index contributed by atoms with van der Waals surface area (Å²) >= 11 is 6.18. The van der Waals surface area contributed by atoms with E-state index in [9.17, 15) is 4.79 Å². The summed E-state index contributed by atoms with van der Waals surface area (Å²) in [5.74, 6) is -0.265. The third kappa shape index (κ3) is 2.97. The van der Waals surface area contributed by atoms with Gasteiger partial charge in [0.05, 0.1) is 13.5 Å². The van der Waals surface area contributed by atoms with Crippen LogP contribution in [0.15, 0.2) is 18.3 Å². The molecule has 0 spiro atoms. The zero-order valence-electron chi connectivity index (χ0n) is 11.6. The van der Waals surface area contributed by atoms with Crippen molar-refractivity contribution in [2.75, 3.05) is 13.7 Å². The van der Waals surface area contributed by atoms with Gasteiger partial charge in [0.1, 0.15) is 0 Å². The van der Waals surface area contributed by atoms with Crippen LogP contribution >= 0.6 is 11.6 Å². The number of carbonyl (C=O) groups is 1. The van der Waals surface area contributed by atoms with Crippen LogP contribution in [0.5, 0.6) is 0 Å². The average Bonchev–Trinajstić information content (AvgIpc) is 2.74. The molecule has 0 unspecified atom stereocenters. The van der Waals surface area contributed by atoms with Crippen molar-refractivity contribution in [3.05, 3.63) is 34.5 Å². The Bertz CT molecular complexity index is 634. The Morgan fingerprint density at radius 1 is 1.45 bits per heavy atom. The van der Waals surface area contributed by atoms with E-state index >= 15 is 0 Å². The zero-order chi connectivity index (χ0) is 14.7. The standard InChI is InChI=1S/C15H18ClNO3/c1-10-6-12-11(7-15(19)20-2)9-17(4-3-5-18)14(12)8-13(10)16/h6,8-9,18H,3-5,7H2,1-2H3. The molecule has 0 amide bonds. The van der Waals surface area contributed by atoms with Gasteiger partial charge in [0.15, 0.2) is 0 Å². The highest BCUT2D eigenvalue weighted by molar-refractivity contribution is 6.32. The van der Waals surface area contributed by atoms with Crippen LogP contribution in [-0.2, 0) is 22.5 Å². The second-order valence-electron chi connectivity index (χ2n) is 4.80. The van der Waals surface area contributed by atoms with Gasteiger partial charge in [-0.1, -0.05) is 11.6 Å². The number of esters is 1. The number of methoxy groups -OCH3 is 1. The zero-order valence-corrected chi connectivity index (χ0v) is 12.4. The number of fused-ring (bicyclic) bond motifs is 1. The van der Waals surface area contributed by atoms with Crippen molar-refractivity contribution in [3.8, 4) is 0 Å². The summed E-state index contributed by atoms with van der Waals surface area (Å²) in [5, 5.41) is 10.7. The van der Waals surface area contributed by atoms with Gasteiger partial charge < -0.3 is 14.4 Å². The minimum absolute atomic E-state index is 0.131. The molecule has 4 nitrogen and oxygen atoms in total. The summed E-state index contributed by atoms with van der Waals surface area (Å²) in [7, 11) is 1.38. The summed E-state index contributed by atoms with van der Waals surface area (Å²) in [6.07, 6.45) is 2.83. The first-order chi connectivity index (χ1) is 9.56. The number of rotatable bonds is 5. The Kier molecular flexibility index (Phi) is 4.68. The molecule has 0 atom stereocenters. The molecule has 1 N–H and O–H groups in total. The molecular formula is C15H18ClNO3. The number of aliphatic hydroxyl groups excluding tert-OH is 1. The molecule has 20 heavy (non-hydrogen) atoms. The molecule has 5 heteroatoms. The SMILES string of the molecule is COC(=O)Cc1cn(CCCO)c2cc(Cl)c(C)cc12. The fraction of sp³-hybridized carbons (Fsp3) is 0.400. The maximum absolute atomic E-state index is 11.5. The lowest BCUT2D eigenvalue weighted by Gasteiger charge is -2.05. The molecule has 2 aromatic rings. The molecule has 0 bridgehead atoms. The molecule has 2 rings (SSSR count). The topological polar surface area (TPSA) is 51.5 Å². The number of hydrogen-bond acceptors (Lipinski definition) is 3. The number of hydrogen-bond donors (Lipinski definition) is 1. The Balaban J connectivity index is 2.51. The number of halogens is 1. The molecule has 0 aliphatic carbocycles. The fourth-order valence-electron chi connectivity index (χ4n) is 2.29.